The average molecular weight is 399 g/mol. The number of carboxylic acid groups (broad SMARTS) is 1. The highest BCUT2D eigenvalue weighted by atomic mass is 16.4. The molecule has 0 radical (unpaired) electrons. The first-order valence-electron chi connectivity index (χ1n) is 11.6. The van der Waals surface area contributed by atoms with Gasteiger partial charge in [0.05, 0.1) is 6.04 Å². The van der Waals surface area contributed by atoms with E-state index in [1.54, 1.807) is 0 Å². The van der Waals surface area contributed by atoms with Crippen LogP contribution in [0.2, 0.25) is 0 Å². The van der Waals surface area contributed by atoms with Crippen molar-refractivity contribution in [1.82, 2.24) is 0 Å². The van der Waals surface area contributed by atoms with Gasteiger partial charge in [0.1, 0.15) is 11.8 Å². The summed E-state index contributed by atoms with van der Waals surface area (Å²) in [7, 11) is 0. The second-order valence-corrected chi connectivity index (χ2v) is 8.77. The van der Waals surface area contributed by atoms with Crippen molar-refractivity contribution >= 4 is 11.8 Å². The molecule has 28 heavy (non-hydrogen) atoms. The number of ketones is 1. The standard InChI is InChI=1S/C23H46N2O3/c1-19(2)15-13-11-9-7-5-3-4-6-8-10-12-14-16-22(26)20(24)17-18-21(25)23(27)28/h19-21H,3-18,24-25H2,1-2H3,(H,27,28)/t20?,21-/m0/s1. The lowest BCUT2D eigenvalue weighted by Crippen LogP contribution is -2.35. The highest BCUT2D eigenvalue weighted by Crippen LogP contribution is 2.14. The minimum atomic E-state index is -1.04. The summed E-state index contributed by atoms with van der Waals surface area (Å²) < 4.78 is 0. The zero-order valence-corrected chi connectivity index (χ0v) is 18.5. The Morgan fingerprint density at radius 2 is 1.04 bits per heavy atom. The van der Waals surface area contributed by atoms with Gasteiger partial charge in [0.25, 0.3) is 0 Å². The van der Waals surface area contributed by atoms with Gasteiger partial charge in [-0.15, -0.1) is 0 Å². The van der Waals surface area contributed by atoms with Gasteiger partial charge in [-0.25, -0.2) is 0 Å². The predicted octanol–water partition coefficient (Wildman–Crippen LogP) is 5.19. The van der Waals surface area contributed by atoms with Crippen LogP contribution in [0.25, 0.3) is 0 Å². The fourth-order valence-corrected chi connectivity index (χ4v) is 3.45. The minimum absolute atomic E-state index is 0.0333. The molecule has 1 unspecified atom stereocenters. The molecular weight excluding hydrogens is 352 g/mol. The number of nitrogens with two attached hydrogens (primary N) is 2. The molecule has 0 saturated carbocycles. The van der Waals surface area contributed by atoms with E-state index in [0.29, 0.717) is 12.8 Å². The zero-order chi connectivity index (χ0) is 21.2. The maximum Gasteiger partial charge on any atom is 0.320 e. The molecule has 0 bridgehead atoms. The molecule has 0 aliphatic rings. The summed E-state index contributed by atoms with van der Waals surface area (Å²) in [5.41, 5.74) is 11.3. The molecule has 0 aromatic carbocycles. The number of carbonyl (C=O) groups excluding carboxylic acids is 1. The monoisotopic (exact) mass is 398 g/mol. The van der Waals surface area contributed by atoms with Crippen LogP contribution in [-0.2, 0) is 9.59 Å². The Balaban J connectivity index is 3.36. The lowest BCUT2D eigenvalue weighted by Gasteiger charge is -2.12. The highest BCUT2D eigenvalue weighted by Gasteiger charge is 2.17. The van der Waals surface area contributed by atoms with Crippen molar-refractivity contribution in [2.45, 2.75) is 129 Å². The zero-order valence-electron chi connectivity index (χ0n) is 18.5. The van der Waals surface area contributed by atoms with Crippen LogP contribution in [0.3, 0.4) is 0 Å². The third kappa shape index (κ3) is 17.2. The van der Waals surface area contributed by atoms with Crippen molar-refractivity contribution in [3.63, 3.8) is 0 Å². The summed E-state index contributed by atoms with van der Waals surface area (Å²) in [6, 6.07) is -1.50. The fourth-order valence-electron chi connectivity index (χ4n) is 3.45. The lowest BCUT2D eigenvalue weighted by atomic mass is 9.99. The Bertz CT molecular complexity index is 399. The van der Waals surface area contributed by atoms with Gasteiger partial charge in [0, 0.05) is 6.42 Å². The number of rotatable bonds is 20. The Morgan fingerprint density at radius 1 is 0.643 bits per heavy atom. The van der Waals surface area contributed by atoms with Crippen molar-refractivity contribution in [1.29, 1.82) is 0 Å². The Labute approximate surface area is 173 Å². The van der Waals surface area contributed by atoms with Gasteiger partial charge in [0.2, 0.25) is 0 Å². The van der Waals surface area contributed by atoms with Crippen LogP contribution >= 0.6 is 0 Å². The lowest BCUT2D eigenvalue weighted by molar-refractivity contribution is -0.138. The first kappa shape index (κ1) is 27.1. The number of carbonyl (C=O) groups is 2. The molecule has 2 atom stereocenters. The summed E-state index contributed by atoms with van der Waals surface area (Å²) >= 11 is 0. The van der Waals surface area contributed by atoms with Crippen LogP contribution in [0.4, 0.5) is 0 Å². The fraction of sp³-hybridized carbons (Fsp3) is 0.913. The third-order valence-electron chi connectivity index (χ3n) is 5.47. The Kier molecular flexibility index (Phi) is 17.5. The van der Waals surface area contributed by atoms with E-state index in [0.717, 1.165) is 18.8 Å². The van der Waals surface area contributed by atoms with Crippen molar-refractivity contribution < 1.29 is 14.7 Å². The summed E-state index contributed by atoms with van der Waals surface area (Å²) in [6.07, 6.45) is 17.8. The minimum Gasteiger partial charge on any atom is -0.480 e. The molecule has 0 aromatic rings. The van der Waals surface area contributed by atoms with Crippen LogP contribution < -0.4 is 11.5 Å². The number of Topliss-reactive ketones (excluding diaryl/α,β-unsaturated/α-hetero) is 1. The average Bonchev–Trinajstić information content (AvgIpc) is 2.65. The SMILES string of the molecule is CC(C)CCCCCCCCCCCCCCC(=O)C(N)CC[C@H](N)C(=O)O. The second kappa shape index (κ2) is 18.1. The van der Waals surface area contributed by atoms with Crippen molar-refractivity contribution in [2.75, 3.05) is 0 Å². The molecule has 0 heterocycles. The molecule has 0 spiro atoms. The maximum atomic E-state index is 11.9. The predicted molar refractivity (Wildman–Crippen MR) is 117 cm³/mol. The Morgan fingerprint density at radius 3 is 1.46 bits per heavy atom. The van der Waals surface area contributed by atoms with Gasteiger partial charge in [-0.05, 0) is 25.2 Å². The van der Waals surface area contributed by atoms with Crippen LogP contribution in [-0.4, -0.2) is 28.9 Å². The van der Waals surface area contributed by atoms with Crippen molar-refractivity contribution in [3.05, 3.63) is 0 Å². The topological polar surface area (TPSA) is 106 Å². The van der Waals surface area contributed by atoms with Gasteiger partial charge >= 0.3 is 5.97 Å². The van der Waals surface area contributed by atoms with Crippen LogP contribution in [0.1, 0.15) is 117 Å². The summed E-state index contributed by atoms with van der Waals surface area (Å²) in [4.78, 5) is 22.6. The normalized spacial score (nSPS) is 13.6. The molecule has 5 nitrogen and oxygen atoms in total. The van der Waals surface area contributed by atoms with Gasteiger partial charge in [0.15, 0.2) is 0 Å². The molecule has 5 N–H and O–H groups in total. The summed E-state index contributed by atoms with van der Waals surface area (Å²) in [5, 5.41) is 8.73. The summed E-state index contributed by atoms with van der Waals surface area (Å²) in [6.45, 7) is 4.60. The van der Waals surface area contributed by atoms with E-state index in [2.05, 4.69) is 13.8 Å². The molecule has 0 rings (SSSR count). The maximum absolute atomic E-state index is 11.9. The van der Waals surface area contributed by atoms with E-state index in [9.17, 15) is 9.59 Å². The van der Waals surface area contributed by atoms with Crippen molar-refractivity contribution in [2.24, 2.45) is 17.4 Å². The molecular formula is C23H46N2O3. The van der Waals surface area contributed by atoms with Crippen LogP contribution in [0.5, 0.6) is 0 Å². The van der Waals surface area contributed by atoms with Crippen LogP contribution in [0, 0.1) is 5.92 Å². The van der Waals surface area contributed by atoms with E-state index < -0.39 is 18.1 Å². The van der Waals surface area contributed by atoms with Gasteiger partial charge in [-0.1, -0.05) is 90.9 Å². The quantitative estimate of drug-likeness (QED) is 0.245. The van der Waals surface area contributed by atoms with E-state index in [1.165, 1.54) is 70.6 Å². The second-order valence-electron chi connectivity index (χ2n) is 8.77. The smallest absolute Gasteiger partial charge is 0.320 e. The van der Waals surface area contributed by atoms with Gasteiger partial charge in [-0.3, -0.25) is 9.59 Å². The number of aliphatic carboxylic acids is 1. The first-order chi connectivity index (χ1) is 13.3. The largest absolute Gasteiger partial charge is 0.480 e. The number of hydrogen-bond donors (Lipinski definition) is 3. The molecule has 166 valence electrons. The number of hydrogen-bond acceptors (Lipinski definition) is 4. The third-order valence-corrected chi connectivity index (χ3v) is 5.47. The number of unbranched alkanes of at least 4 members (excludes halogenated alkanes) is 11. The molecule has 0 saturated heterocycles. The molecule has 0 amide bonds. The molecule has 0 aliphatic heterocycles. The van der Waals surface area contributed by atoms with E-state index in [1.807, 2.05) is 0 Å². The molecule has 5 heteroatoms. The van der Waals surface area contributed by atoms with Gasteiger partial charge in [-0.2, -0.15) is 0 Å². The number of carboxylic acids is 1. The Hall–Kier alpha value is -0.940. The van der Waals surface area contributed by atoms with E-state index in [-0.39, 0.29) is 12.2 Å². The van der Waals surface area contributed by atoms with E-state index in [4.69, 9.17) is 16.6 Å². The highest BCUT2D eigenvalue weighted by molar-refractivity contribution is 5.83. The molecule has 0 aromatic heterocycles. The molecule has 0 aliphatic carbocycles. The van der Waals surface area contributed by atoms with E-state index >= 15 is 0 Å². The van der Waals surface area contributed by atoms with Crippen molar-refractivity contribution in [3.8, 4) is 0 Å². The molecule has 0 fully saturated rings. The summed E-state index contributed by atoms with van der Waals surface area (Å²) in [5.74, 6) is -0.162. The van der Waals surface area contributed by atoms with Crippen LogP contribution in [0.15, 0.2) is 0 Å². The first-order valence-corrected chi connectivity index (χ1v) is 11.6. The van der Waals surface area contributed by atoms with Gasteiger partial charge < -0.3 is 16.6 Å².